The fourth-order valence-electron chi connectivity index (χ4n) is 3.34. The standard InChI is InChI=1S/C23H22N4O4S/c1-15(17-10-11-20-21(13-17)27-23(29)26-20)25-22(28)18-8-5-9-19(12-18)32(30,31)24-14-16-6-3-2-4-7-16/h2-13,15,24H,14H2,1H3,(H,25,28)(H2,26,27,29). The van der Waals surface area contributed by atoms with Crippen molar-refractivity contribution in [1.29, 1.82) is 0 Å². The Morgan fingerprint density at radius 2 is 1.69 bits per heavy atom. The number of sulfonamides is 1. The Morgan fingerprint density at radius 3 is 2.47 bits per heavy atom. The molecule has 1 unspecified atom stereocenters. The summed E-state index contributed by atoms with van der Waals surface area (Å²) in [6.07, 6.45) is 0. The number of benzene rings is 3. The lowest BCUT2D eigenvalue weighted by Gasteiger charge is -2.15. The molecule has 9 heteroatoms. The summed E-state index contributed by atoms with van der Waals surface area (Å²) in [6, 6.07) is 20.1. The lowest BCUT2D eigenvalue weighted by atomic mass is 10.1. The van der Waals surface area contributed by atoms with Gasteiger partial charge in [-0.15, -0.1) is 0 Å². The Labute approximate surface area is 184 Å². The molecule has 0 aliphatic heterocycles. The predicted octanol–water partition coefficient (Wildman–Crippen LogP) is 2.83. The minimum absolute atomic E-state index is 0.0139. The van der Waals surface area contributed by atoms with E-state index in [0.717, 1.165) is 11.1 Å². The van der Waals surface area contributed by atoms with Gasteiger partial charge in [0.15, 0.2) is 0 Å². The maximum atomic E-state index is 12.8. The molecule has 1 aromatic heterocycles. The molecule has 4 N–H and O–H groups in total. The fraction of sp³-hybridized carbons (Fsp3) is 0.130. The van der Waals surface area contributed by atoms with Gasteiger partial charge < -0.3 is 15.3 Å². The number of H-pyrrole nitrogens is 2. The third-order valence-corrected chi connectivity index (χ3v) is 6.50. The van der Waals surface area contributed by atoms with Crippen LogP contribution in [0.4, 0.5) is 0 Å². The molecule has 1 atom stereocenters. The number of carbonyl (C=O) groups excluding carboxylic acids is 1. The van der Waals surface area contributed by atoms with E-state index in [4.69, 9.17) is 0 Å². The van der Waals surface area contributed by atoms with Gasteiger partial charge in [0.05, 0.1) is 22.0 Å². The molecule has 0 aliphatic rings. The summed E-state index contributed by atoms with van der Waals surface area (Å²) in [4.78, 5) is 29.6. The number of rotatable bonds is 7. The molecule has 0 bridgehead atoms. The predicted molar refractivity (Wildman–Crippen MR) is 122 cm³/mol. The molecule has 3 aromatic carbocycles. The molecule has 0 aliphatic carbocycles. The van der Waals surface area contributed by atoms with E-state index in [0.29, 0.717) is 11.0 Å². The van der Waals surface area contributed by atoms with Crippen LogP contribution in [0.5, 0.6) is 0 Å². The van der Waals surface area contributed by atoms with Crippen LogP contribution in [-0.2, 0) is 16.6 Å². The van der Waals surface area contributed by atoms with Gasteiger partial charge in [-0.1, -0.05) is 42.5 Å². The summed E-state index contributed by atoms with van der Waals surface area (Å²) in [6.45, 7) is 1.96. The molecule has 164 valence electrons. The second kappa shape index (κ2) is 8.81. The summed E-state index contributed by atoms with van der Waals surface area (Å²) in [5.74, 6) is -0.403. The SMILES string of the molecule is CC(NC(=O)c1cccc(S(=O)(=O)NCc2ccccc2)c1)c1ccc2[nH]c(=O)[nH]c2c1. The summed E-state index contributed by atoms with van der Waals surface area (Å²) in [5, 5.41) is 2.86. The van der Waals surface area contributed by atoms with Gasteiger partial charge in [0, 0.05) is 12.1 Å². The van der Waals surface area contributed by atoms with Crippen molar-refractivity contribution in [2.24, 2.45) is 0 Å². The van der Waals surface area contributed by atoms with Gasteiger partial charge >= 0.3 is 5.69 Å². The average Bonchev–Trinajstić information content (AvgIpc) is 3.17. The minimum atomic E-state index is -3.78. The number of amides is 1. The fourth-order valence-corrected chi connectivity index (χ4v) is 4.41. The first-order valence-corrected chi connectivity index (χ1v) is 11.5. The number of aromatic nitrogens is 2. The highest BCUT2D eigenvalue weighted by Crippen LogP contribution is 2.18. The van der Waals surface area contributed by atoms with Crippen LogP contribution in [0.25, 0.3) is 11.0 Å². The van der Waals surface area contributed by atoms with Crippen molar-refractivity contribution in [3.8, 4) is 0 Å². The molecule has 0 saturated carbocycles. The third-order valence-electron chi connectivity index (χ3n) is 5.10. The van der Waals surface area contributed by atoms with Gasteiger partial charge in [-0.05, 0) is 48.4 Å². The van der Waals surface area contributed by atoms with E-state index in [-0.39, 0.29) is 28.7 Å². The highest BCUT2D eigenvalue weighted by atomic mass is 32.2. The molecule has 32 heavy (non-hydrogen) atoms. The molecule has 0 radical (unpaired) electrons. The number of carbonyl (C=O) groups is 1. The van der Waals surface area contributed by atoms with Gasteiger partial charge in [-0.2, -0.15) is 0 Å². The molecule has 0 fully saturated rings. The van der Waals surface area contributed by atoms with Crippen LogP contribution in [0, 0.1) is 0 Å². The summed E-state index contributed by atoms with van der Waals surface area (Å²) >= 11 is 0. The summed E-state index contributed by atoms with van der Waals surface area (Å²) in [7, 11) is -3.78. The average molecular weight is 451 g/mol. The lowest BCUT2D eigenvalue weighted by Crippen LogP contribution is -2.27. The molecule has 4 aromatic rings. The number of hydrogen-bond donors (Lipinski definition) is 4. The molecule has 4 rings (SSSR count). The Balaban J connectivity index is 1.47. The molecular formula is C23H22N4O4S. The van der Waals surface area contributed by atoms with Crippen molar-refractivity contribution < 1.29 is 13.2 Å². The smallest absolute Gasteiger partial charge is 0.323 e. The second-order valence-corrected chi connectivity index (χ2v) is 9.18. The molecule has 0 spiro atoms. The number of fused-ring (bicyclic) bond motifs is 1. The topological polar surface area (TPSA) is 124 Å². The molecule has 8 nitrogen and oxygen atoms in total. The van der Waals surface area contributed by atoms with E-state index in [9.17, 15) is 18.0 Å². The molecule has 1 heterocycles. The maximum absolute atomic E-state index is 12.8. The van der Waals surface area contributed by atoms with Crippen molar-refractivity contribution in [2.75, 3.05) is 0 Å². The van der Waals surface area contributed by atoms with Gasteiger partial charge in [0.25, 0.3) is 5.91 Å². The number of aromatic amines is 2. The van der Waals surface area contributed by atoms with Crippen molar-refractivity contribution >= 4 is 27.0 Å². The van der Waals surface area contributed by atoms with Crippen LogP contribution in [0.2, 0.25) is 0 Å². The zero-order valence-corrected chi connectivity index (χ0v) is 18.1. The summed E-state index contributed by atoms with van der Waals surface area (Å²) in [5.41, 5.74) is 2.89. The van der Waals surface area contributed by atoms with Gasteiger partial charge in [0.1, 0.15) is 0 Å². The van der Waals surface area contributed by atoms with Crippen LogP contribution < -0.4 is 15.7 Å². The van der Waals surface area contributed by atoms with Crippen molar-refractivity contribution in [2.45, 2.75) is 24.4 Å². The molecule has 0 saturated heterocycles. The van der Waals surface area contributed by atoms with Gasteiger partial charge in [0.2, 0.25) is 10.0 Å². The number of imidazole rings is 1. The van der Waals surface area contributed by atoms with E-state index in [2.05, 4.69) is 20.0 Å². The van der Waals surface area contributed by atoms with Crippen LogP contribution >= 0.6 is 0 Å². The zero-order chi connectivity index (χ0) is 22.7. The first kappa shape index (κ1) is 21.5. The van der Waals surface area contributed by atoms with E-state index in [1.54, 1.807) is 18.2 Å². The summed E-state index contributed by atoms with van der Waals surface area (Å²) < 4.78 is 27.9. The van der Waals surface area contributed by atoms with Crippen molar-refractivity contribution in [3.05, 3.63) is 100.0 Å². The Bertz CT molecular complexity index is 1430. The van der Waals surface area contributed by atoms with Crippen LogP contribution in [0.3, 0.4) is 0 Å². The highest BCUT2D eigenvalue weighted by molar-refractivity contribution is 7.89. The minimum Gasteiger partial charge on any atom is -0.346 e. The molecule has 1 amide bonds. The van der Waals surface area contributed by atoms with Crippen LogP contribution in [0.15, 0.2) is 82.5 Å². The maximum Gasteiger partial charge on any atom is 0.323 e. The van der Waals surface area contributed by atoms with E-state index in [1.165, 1.54) is 18.2 Å². The Kier molecular flexibility index (Phi) is 5.93. The zero-order valence-electron chi connectivity index (χ0n) is 17.3. The van der Waals surface area contributed by atoms with Crippen molar-refractivity contribution in [1.82, 2.24) is 20.0 Å². The Hall–Kier alpha value is -3.69. The first-order valence-electron chi connectivity index (χ1n) is 9.98. The number of nitrogens with one attached hydrogen (secondary N) is 4. The monoisotopic (exact) mass is 450 g/mol. The van der Waals surface area contributed by atoms with Gasteiger partial charge in [-0.25, -0.2) is 17.9 Å². The second-order valence-electron chi connectivity index (χ2n) is 7.42. The van der Waals surface area contributed by atoms with E-state index in [1.807, 2.05) is 43.3 Å². The van der Waals surface area contributed by atoms with Crippen LogP contribution in [0.1, 0.15) is 34.5 Å². The number of hydrogen-bond acceptors (Lipinski definition) is 4. The van der Waals surface area contributed by atoms with Crippen molar-refractivity contribution in [3.63, 3.8) is 0 Å². The largest absolute Gasteiger partial charge is 0.346 e. The normalized spacial score (nSPS) is 12.5. The highest BCUT2D eigenvalue weighted by Gasteiger charge is 2.18. The van der Waals surface area contributed by atoms with Gasteiger partial charge in [-0.3, -0.25) is 4.79 Å². The lowest BCUT2D eigenvalue weighted by molar-refractivity contribution is 0.0939. The molecular weight excluding hydrogens is 428 g/mol. The Morgan fingerprint density at radius 1 is 0.938 bits per heavy atom. The third kappa shape index (κ3) is 4.79. The van der Waals surface area contributed by atoms with Crippen LogP contribution in [-0.4, -0.2) is 24.3 Å². The first-order chi connectivity index (χ1) is 15.3. The van der Waals surface area contributed by atoms with E-state index < -0.39 is 15.9 Å². The van der Waals surface area contributed by atoms with E-state index >= 15 is 0 Å². The quantitative estimate of drug-likeness (QED) is 0.346.